The molecule has 1 saturated heterocycles. The van der Waals surface area contributed by atoms with E-state index in [1.54, 1.807) is 24.5 Å². The molecule has 3 heterocycles. The van der Waals surface area contributed by atoms with Crippen LogP contribution in [0.25, 0.3) is 0 Å². The number of nitrogens with zero attached hydrogens (tertiary/aromatic N) is 2. The lowest BCUT2D eigenvalue weighted by Gasteiger charge is -2.49. The Kier molecular flexibility index (Phi) is 6.77. The molecule has 2 amide bonds. The molecule has 1 aromatic heterocycles. The third-order valence-corrected chi connectivity index (χ3v) is 6.47. The number of carbonyl (C=O) groups excluding carboxylic acids is 3. The highest BCUT2D eigenvalue weighted by Crippen LogP contribution is 2.40. The number of aliphatic carboxylic acids is 1. The van der Waals surface area contributed by atoms with E-state index in [1.165, 1.54) is 23.5 Å². The molecule has 2 atom stereocenters. The van der Waals surface area contributed by atoms with Gasteiger partial charge in [-0.25, -0.2) is 9.59 Å². The fraction of sp³-hybridized carbons (Fsp3) is 0.353. The van der Waals surface area contributed by atoms with Gasteiger partial charge in [-0.05, 0) is 12.1 Å². The molecule has 0 aliphatic carbocycles. The first kappa shape index (κ1) is 21.1. The molecule has 1 fully saturated rings. The van der Waals surface area contributed by atoms with Crippen molar-refractivity contribution in [3.8, 4) is 0 Å². The summed E-state index contributed by atoms with van der Waals surface area (Å²) in [6.07, 6.45) is 3.23. The van der Waals surface area contributed by atoms with Crippen molar-refractivity contribution in [2.24, 2.45) is 0 Å². The van der Waals surface area contributed by atoms with Crippen LogP contribution >= 0.6 is 23.5 Å². The molecule has 0 aromatic carbocycles. The van der Waals surface area contributed by atoms with E-state index in [9.17, 15) is 24.3 Å². The molecule has 3 N–H and O–H groups in total. The van der Waals surface area contributed by atoms with Crippen LogP contribution in [0.1, 0.15) is 0 Å². The van der Waals surface area contributed by atoms with E-state index in [0.29, 0.717) is 0 Å². The minimum atomic E-state index is -1.32. The first-order valence-corrected chi connectivity index (χ1v) is 10.4. The monoisotopic (exact) mass is 439 g/mol. The summed E-state index contributed by atoms with van der Waals surface area (Å²) in [5.41, 5.74) is 0.00747. The van der Waals surface area contributed by atoms with Crippen molar-refractivity contribution in [3.63, 3.8) is 0 Å². The summed E-state index contributed by atoms with van der Waals surface area (Å²) in [7, 11) is 0. The number of aliphatic hydroxyl groups is 1. The second kappa shape index (κ2) is 9.29. The highest BCUT2D eigenvalue weighted by Gasteiger charge is 2.54. The van der Waals surface area contributed by atoms with Gasteiger partial charge in [-0.2, -0.15) is 0 Å². The molecule has 0 radical (unpaired) electrons. The lowest BCUT2D eigenvalue weighted by atomic mass is 10.0. The summed E-state index contributed by atoms with van der Waals surface area (Å²) in [6, 6.07) is 2.71. The van der Waals surface area contributed by atoms with Crippen LogP contribution in [0.2, 0.25) is 0 Å². The van der Waals surface area contributed by atoms with Crippen LogP contribution in [-0.4, -0.2) is 80.0 Å². The van der Waals surface area contributed by atoms with E-state index in [2.05, 4.69) is 10.3 Å². The van der Waals surface area contributed by atoms with Crippen molar-refractivity contribution < 1.29 is 34.1 Å². The zero-order chi connectivity index (χ0) is 21.0. The first-order chi connectivity index (χ1) is 13.9. The Bertz CT molecular complexity index is 862. The Hall–Kier alpha value is -2.57. The van der Waals surface area contributed by atoms with Crippen molar-refractivity contribution in [1.82, 2.24) is 15.2 Å². The lowest BCUT2D eigenvalue weighted by molar-refractivity contribution is -0.151. The maximum atomic E-state index is 12.5. The summed E-state index contributed by atoms with van der Waals surface area (Å²) in [4.78, 5) is 53.3. The van der Waals surface area contributed by atoms with E-state index in [-0.39, 0.29) is 35.3 Å². The summed E-state index contributed by atoms with van der Waals surface area (Å²) < 4.78 is 4.78. The van der Waals surface area contributed by atoms with Gasteiger partial charge in [0, 0.05) is 28.6 Å². The fourth-order valence-electron chi connectivity index (χ4n) is 2.81. The van der Waals surface area contributed by atoms with Crippen LogP contribution in [0.5, 0.6) is 0 Å². The van der Waals surface area contributed by atoms with Crippen LogP contribution in [0.15, 0.2) is 40.7 Å². The van der Waals surface area contributed by atoms with Gasteiger partial charge in [0.2, 0.25) is 5.91 Å². The Morgan fingerprint density at radius 2 is 2.07 bits per heavy atom. The van der Waals surface area contributed by atoms with Crippen molar-refractivity contribution in [3.05, 3.63) is 35.8 Å². The second-order valence-corrected chi connectivity index (χ2v) is 8.16. The molecule has 0 unspecified atom stereocenters. The Balaban J connectivity index is 1.61. The van der Waals surface area contributed by atoms with Gasteiger partial charge in [-0.15, -0.1) is 23.5 Å². The number of pyridine rings is 1. The molecular weight excluding hydrogens is 422 g/mol. The highest BCUT2D eigenvalue weighted by atomic mass is 32.2. The molecule has 0 saturated carbocycles. The molecule has 154 valence electrons. The molecule has 3 rings (SSSR count). The van der Waals surface area contributed by atoms with Gasteiger partial charge in [0.05, 0.1) is 5.75 Å². The maximum Gasteiger partial charge on any atom is 0.352 e. The number of thioether (sulfide) groups is 2. The third kappa shape index (κ3) is 4.71. The summed E-state index contributed by atoms with van der Waals surface area (Å²) in [6.45, 7) is -1.15. The number of β-lactam (4-membered cyclic amide) rings is 1. The van der Waals surface area contributed by atoms with E-state index in [4.69, 9.17) is 9.84 Å². The summed E-state index contributed by atoms with van der Waals surface area (Å²) >= 11 is 2.57. The Morgan fingerprint density at radius 3 is 2.72 bits per heavy atom. The number of hydrogen-bond donors (Lipinski definition) is 3. The van der Waals surface area contributed by atoms with Gasteiger partial charge in [-0.3, -0.25) is 19.5 Å². The number of amides is 2. The van der Waals surface area contributed by atoms with Gasteiger partial charge in [-0.1, -0.05) is 0 Å². The quantitative estimate of drug-likeness (QED) is 0.274. The standard InChI is InChI=1S/C17H17N3O7S2/c21-5-12(23)27-6-9-7-29-16-13(15(24)20(16)14(9)17(25)26)19-11(22)8-28-10-1-3-18-4-2-10/h1-4,13,16,21H,5-8H2,(H,19,22)(H,25,26)/t13-,16-/m1/s1. The number of esters is 1. The molecule has 2 aliphatic heterocycles. The van der Waals surface area contributed by atoms with Crippen molar-refractivity contribution >= 4 is 47.3 Å². The number of ether oxygens (including phenoxy) is 1. The normalized spacial score (nSPS) is 20.6. The largest absolute Gasteiger partial charge is 0.477 e. The van der Waals surface area contributed by atoms with E-state index in [1.807, 2.05) is 0 Å². The van der Waals surface area contributed by atoms with Crippen LogP contribution < -0.4 is 5.32 Å². The highest BCUT2D eigenvalue weighted by molar-refractivity contribution is 8.00. The van der Waals surface area contributed by atoms with Crippen molar-refractivity contribution in [1.29, 1.82) is 0 Å². The van der Waals surface area contributed by atoms with E-state index in [0.717, 1.165) is 9.80 Å². The van der Waals surface area contributed by atoms with Crippen molar-refractivity contribution in [2.75, 3.05) is 24.7 Å². The molecule has 10 nitrogen and oxygen atoms in total. The molecule has 0 spiro atoms. The number of carbonyl (C=O) groups is 4. The number of aliphatic hydroxyl groups excluding tert-OH is 1. The molecular formula is C17H17N3O7S2. The summed E-state index contributed by atoms with van der Waals surface area (Å²) in [5.74, 6) is -2.76. The molecule has 1 aromatic rings. The molecule has 29 heavy (non-hydrogen) atoms. The Labute approximate surface area is 173 Å². The smallest absolute Gasteiger partial charge is 0.352 e. The SMILES string of the molecule is O=C(CSc1ccncc1)N[C@@H]1C(=O)N2C(C(=O)O)=C(COC(=O)CO)CS[C@H]12. The van der Waals surface area contributed by atoms with Crippen LogP contribution in [-0.2, 0) is 23.9 Å². The topological polar surface area (TPSA) is 146 Å². The van der Waals surface area contributed by atoms with Crippen molar-refractivity contribution in [2.45, 2.75) is 16.3 Å². The minimum Gasteiger partial charge on any atom is -0.477 e. The zero-order valence-corrected chi connectivity index (χ0v) is 16.6. The molecule has 2 aliphatic rings. The maximum absolute atomic E-state index is 12.5. The van der Waals surface area contributed by atoms with Crippen LogP contribution in [0.3, 0.4) is 0 Å². The average Bonchev–Trinajstić information content (AvgIpc) is 2.74. The predicted molar refractivity (Wildman–Crippen MR) is 103 cm³/mol. The Morgan fingerprint density at radius 1 is 1.34 bits per heavy atom. The number of hydrogen-bond acceptors (Lipinski definition) is 9. The van der Waals surface area contributed by atoms with Crippen LogP contribution in [0, 0.1) is 0 Å². The van der Waals surface area contributed by atoms with Gasteiger partial charge in [0.15, 0.2) is 0 Å². The predicted octanol–water partition coefficient (Wildman–Crippen LogP) is -0.552. The fourth-order valence-corrected chi connectivity index (χ4v) is 4.83. The van der Waals surface area contributed by atoms with Gasteiger partial charge < -0.3 is 20.3 Å². The second-order valence-electron chi connectivity index (χ2n) is 6.00. The minimum absolute atomic E-state index is 0.106. The number of carboxylic acids is 1. The first-order valence-electron chi connectivity index (χ1n) is 8.41. The van der Waals surface area contributed by atoms with Gasteiger partial charge >= 0.3 is 11.9 Å². The van der Waals surface area contributed by atoms with E-state index < -0.39 is 35.9 Å². The third-order valence-electron chi connectivity index (χ3n) is 4.12. The van der Waals surface area contributed by atoms with Gasteiger partial charge in [0.1, 0.15) is 30.3 Å². The van der Waals surface area contributed by atoms with E-state index >= 15 is 0 Å². The number of carboxylic acid groups (broad SMARTS) is 1. The number of fused-ring (bicyclic) bond motifs is 1. The molecule has 12 heteroatoms. The van der Waals surface area contributed by atoms with Gasteiger partial charge in [0.25, 0.3) is 5.91 Å². The number of rotatable bonds is 8. The lowest BCUT2D eigenvalue weighted by Crippen LogP contribution is -2.70. The number of nitrogens with one attached hydrogen (secondary N) is 1. The average molecular weight is 439 g/mol. The molecule has 0 bridgehead atoms. The summed E-state index contributed by atoms with van der Waals surface area (Å²) in [5, 5.41) is 20.3. The van der Waals surface area contributed by atoms with Crippen LogP contribution in [0.4, 0.5) is 0 Å². The zero-order valence-electron chi connectivity index (χ0n) is 14.9. The number of aromatic nitrogens is 1.